The minimum absolute atomic E-state index is 0.901. The number of aromatic nitrogens is 4. The van der Waals surface area contributed by atoms with Crippen LogP contribution >= 0.6 is 11.3 Å². The number of pyridine rings is 2. The number of benzene rings is 15. The average molecular weight is 1320 g/mol. The molecule has 0 aliphatic rings. The smallest absolute Gasteiger partial charge is 0.138 e. The molecule has 21 aromatic rings. The topological polar surface area (TPSA) is 48.8 Å². The molecule has 0 bridgehead atoms. The fourth-order valence-corrected chi connectivity index (χ4v) is 16.5. The molecule has 15 aromatic carbocycles. The molecule has 0 amide bonds. The van der Waals surface area contributed by atoms with E-state index in [2.05, 4.69) is 373 Å². The first-order chi connectivity index (χ1) is 50.5. The van der Waals surface area contributed by atoms with Gasteiger partial charge in [-0.25, -0.2) is 9.97 Å². The first-order valence-corrected chi connectivity index (χ1v) is 35.5. The number of hydrogen-bond donors (Lipinski definition) is 0. The van der Waals surface area contributed by atoms with Gasteiger partial charge in [-0.3, -0.25) is 9.13 Å². The van der Waals surface area contributed by atoms with E-state index >= 15 is 0 Å². The van der Waals surface area contributed by atoms with Crippen molar-refractivity contribution < 1.29 is 4.42 Å². The summed E-state index contributed by atoms with van der Waals surface area (Å²) in [7, 11) is 0. The van der Waals surface area contributed by atoms with E-state index in [0.29, 0.717) is 0 Å². The van der Waals surface area contributed by atoms with Crippen LogP contribution in [-0.2, 0) is 0 Å². The van der Waals surface area contributed by atoms with E-state index in [1.54, 1.807) is 0 Å². The summed E-state index contributed by atoms with van der Waals surface area (Å²) >= 11 is 1.86. The minimum Gasteiger partial charge on any atom is -0.456 e. The van der Waals surface area contributed by atoms with E-state index in [4.69, 9.17) is 14.4 Å². The molecule has 6 aromatic heterocycles. The van der Waals surface area contributed by atoms with Crippen molar-refractivity contribution in [3.8, 4) is 89.5 Å². The van der Waals surface area contributed by atoms with Crippen molar-refractivity contribution in [3.05, 3.63) is 364 Å². The van der Waals surface area contributed by atoms with Crippen LogP contribution in [0.5, 0.6) is 0 Å². The van der Waals surface area contributed by atoms with Crippen molar-refractivity contribution in [3.63, 3.8) is 0 Å². The van der Waals surface area contributed by atoms with Gasteiger partial charge in [0.05, 0.1) is 33.1 Å². The van der Waals surface area contributed by atoms with Crippen LogP contribution in [0.15, 0.2) is 368 Å². The molecular formula is C96H60N4OS. The van der Waals surface area contributed by atoms with Crippen molar-refractivity contribution in [1.29, 1.82) is 0 Å². The van der Waals surface area contributed by atoms with E-state index in [1.807, 2.05) is 11.3 Å². The Morgan fingerprint density at radius 2 is 0.520 bits per heavy atom. The van der Waals surface area contributed by atoms with Crippen molar-refractivity contribution in [2.45, 2.75) is 0 Å². The summed E-state index contributed by atoms with van der Waals surface area (Å²) in [5.41, 5.74) is 25.0. The first-order valence-electron chi connectivity index (χ1n) is 34.7. The molecule has 6 heteroatoms. The molecular weight excluding hydrogens is 1260 g/mol. The molecule has 0 aliphatic carbocycles. The third kappa shape index (κ3) is 10.1. The molecule has 0 N–H and O–H groups in total. The van der Waals surface area contributed by atoms with Gasteiger partial charge in [-0.1, -0.05) is 261 Å². The summed E-state index contributed by atoms with van der Waals surface area (Å²) in [5, 5.41) is 12.1. The molecule has 0 fully saturated rings. The zero-order chi connectivity index (χ0) is 67.2. The molecule has 102 heavy (non-hydrogen) atoms. The third-order valence-corrected chi connectivity index (χ3v) is 21.6. The number of para-hydroxylation sites is 4. The summed E-state index contributed by atoms with van der Waals surface area (Å²) in [6.07, 6.45) is 0. The number of thiophene rings is 1. The Hall–Kier alpha value is -13.3. The molecule has 0 aliphatic heterocycles. The van der Waals surface area contributed by atoms with Crippen LogP contribution in [0.4, 0.5) is 0 Å². The van der Waals surface area contributed by atoms with Gasteiger partial charge in [0.2, 0.25) is 0 Å². The van der Waals surface area contributed by atoms with Gasteiger partial charge >= 0.3 is 0 Å². The molecule has 0 spiro atoms. The van der Waals surface area contributed by atoms with Crippen LogP contribution in [-0.4, -0.2) is 19.1 Å². The highest BCUT2D eigenvalue weighted by Gasteiger charge is 2.20. The largest absolute Gasteiger partial charge is 0.456 e. The van der Waals surface area contributed by atoms with Crippen LogP contribution in [0.2, 0.25) is 0 Å². The van der Waals surface area contributed by atoms with E-state index in [9.17, 15) is 0 Å². The maximum atomic E-state index is 6.25. The number of fused-ring (bicyclic) bond motifs is 14. The normalized spacial score (nSPS) is 11.7. The minimum atomic E-state index is 0.901. The average Bonchev–Trinajstić information content (AvgIpc) is 1.56. The number of nitrogens with zero attached hydrogens (tertiary/aromatic N) is 4. The molecule has 0 saturated heterocycles. The van der Waals surface area contributed by atoms with Crippen LogP contribution in [0, 0.1) is 0 Å². The van der Waals surface area contributed by atoms with E-state index in [0.717, 1.165) is 83.0 Å². The van der Waals surface area contributed by atoms with E-state index in [-0.39, 0.29) is 0 Å². The predicted molar refractivity (Wildman–Crippen MR) is 430 cm³/mol. The second-order valence-corrected chi connectivity index (χ2v) is 27.4. The lowest BCUT2D eigenvalue weighted by atomic mass is 9.97. The Bertz CT molecular complexity index is 6850. The number of furan rings is 1. The summed E-state index contributed by atoms with van der Waals surface area (Å²) < 4.78 is 13.6. The Morgan fingerprint density at radius 3 is 0.980 bits per heavy atom. The van der Waals surface area contributed by atoms with Crippen molar-refractivity contribution >= 4 is 119 Å². The lowest BCUT2D eigenvalue weighted by molar-refractivity contribution is 0.669. The van der Waals surface area contributed by atoms with E-state index < -0.39 is 0 Å². The van der Waals surface area contributed by atoms with Gasteiger partial charge in [-0.15, -0.1) is 11.3 Å². The number of rotatable bonds is 9. The van der Waals surface area contributed by atoms with Gasteiger partial charge in [0.1, 0.15) is 22.8 Å². The van der Waals surface area contributed by atoms with Gasteiger partial charge in [-0.05, 0) is 181 Å². The molecule has 0 radical (unpaired) electrons. The highest BCUT2D eigenvalue weighted by atomic mass is 32.1. The van der Waals surface area contributed by atoms with Crippen LogP contribution in [0.1, 0.15) is 0 Å². The Balaban J connectivity index is 0.000000138. The quantitative estimate of drug-likeness (QED) is 0.145. The molecule has 0 saturated carbocycles. The lowest BCUT2D eigenvalue weighted by Gasteiger charge is -2.13. The zero-order valence-corrected chi connectivity index (χ0v) is 56.1. The fraction of sp³-hybridized carbons (Fsp3) is 0. The lowest BCUT2D eigenvalue weighted by Crippen LogP contribution is -1.99. The van der Waals surface area contributed by atoms with Crippen LogP contribution < -0.4 is 0 Å². The molecule has 0 unspecified atom stereocenters. The maximum Gasteiger partial charge on any atom is 0.138 e. The van der Waals surface area contributed by atoms with E-state index in [1.165, 1.54) is 114 Å². The second-order valence-electron chi connectivity index (χ2n) is 26.3. The summed E-state index contributed by atoms with van der Waals surface area (Å²) in [6.45, 7) is 0. The Kier molecular flexibility index (Phi) is 14.0. The molecule has 5 nitrogen and oxygen atoms in total. The monoisotopic (exact) mass is 1320 g/mol. The van der Waals surface area contributed by atoms with Gasteiger partial charge in [0, 0.05) is 63.3 Å². The molecule has 0 atom stereocenters. The van der Waals surface area contributed by atoms with Gasteiger partial charge in [0.25, 0.3) is 0 Å². The standard InChI is InChI=1S/C51H32N2O.C45H28N2S/c1-3-11-33(12-4-1)38-24-27-49-44(30-38)45-31-39(25-28-50(45)54-49)35-21-19-34(20-22-35)37-23-26-48-43(29-37)41-16-8-10-18-47(41)53(48)51-32-42(36-13-5-2-6-14-36)40-15-7-9-17-46(40)52-51;1-2-10-31(11-3-1)37-28-45(46-40-15-7-4-12-34(37)40)47-41-16-8-5-13-35(41)38-26-32(22-24-42(38)47)29-18-20-30(21-19-29)33-23-25-44-39(27-33)36-14-6-9-17-43(36)48-44/h1-32H;1-28H. The molecule has 21 rings (SSSR count). The Morgan fingerprint density at radius 1 is 0.206 bits per heavy atom. The fourth-order valence-electron chi connectivity index (χ4n) is 15.4. The van der Waals surface area contributed by atoms with Gasteiger partial charge < -0.3 is 4.42 Å². The SMILES string of the molecule is c1ccc(-c2cc(-n3c4ccccc4c4cc(-c5ccc(-c6ccc7sc8ccccc8c7c6)cc5)ccc43)nc3ccccc23)cc1.c1ccc(-c2ccc3oc4ccc(-c5ccc(-c6ccc7c(c6)c6ccccc6n7-c6cc(-c7ccccc7)c7ccccc7n6)cc5)cc4c3c2)cc1. The number of hydrogen-bond acceptors (Lipinski definition) is 4. The van der Waals surface area contributed by atoms with Gasteiger partial charge in [-0.2, -0.15) is 0 Å². The molecule has 6 heterocycles. The summed E-state index contributed by atoms with van der Waals surface area (Å²) in [5.74, 6) is 1.83. The summed E-state index contributed by atoms with van der Waals surface area (Å²) in [6, 6.07) is 131. The van der Waals surface area contributed by atoms with Crippen molar-refractivity contribution in [2.24, 2.45) is 0 Å². The van der Waals surface area contributed by atoms with Crippen LogP contribution in [0.3, 0.4) is 0 Å². The highest BCUT2D eigenvalue weighted by Crippen LogP contribution is 2.43. The van der Waals surface area contributed by atoms with Crippen LogP contribution in [0.25, 0.3) is 197 Å². The van der Waals surface area contributed by atoms with Crippen molar-refractivity contribution in [2.75, 3.05) is 0 Å². The predicted octanol–water partition coefficient (Wildman–Crippen LogP) is 26.6. The zero-order valence-electron chi connectivity index (χ0n) is 55.2. The first kappa shape index (κ1) is 58.9. The highest BCUT2D eigenvalue weighted by molar-refractivity contribution is 7.25. The second kappa shape index (κ2) is 24.3. The Labute approximate surface area is 592 Å². The third-order valence-electron chi connectivity index (χ3n) is 20.4. The molecule has 476 valence electrons. The van der Waals surface area contributed by atoms with Gasteiger partial charge in [0.15, 0.2) is 0 Å². The van der Waals surface area contributed by atoms with Crippen molar-refractivity contribution in [1.82, 2.24) is 19.1 Å². The maximum absolute atomic E-state index is 6.25. The summed E-state index contributed by atoms with van der Waals surface area (Å²) in [4.78, 5) is 10.4.